The first-order valence-corrected chi connectivity index (χ1v) is 9.23. The lowest BCUT2D eigenvalue weighted by Gasteiger charge is -2.22. The molecule has 2 aromatic rings. The van der Waals surface area contributed by atoms with Crippen molar-refractivity contribution in [3.8, 4) is 5.75 Å². The molecular weight excluding hydrogens is 328 g/mol. The third kappa shape index (κ3) is 5.05. The summed E-state index contributed by atoms with van der Waals surface area (Å²) in [5.41, 5.74) is 1.60. The summed E-state index contributed by atoms with van der Waals surface area (Å²) >= 11 is 0. The Morgan fingerprint density at radius 1 is 1.15 bits per heavy atom. The molecule has 0 saturated heterocycles. The van der Waals surface area contributed by atoms with Gasteiger partial charge in [-0.3, -0.25) is 4.79 Å². The average Bonchev–Trinajstić information content (AvgIpc) is 2.69. The number of ether oxygens (including phenoxy) is 2. The Bertz CT molecular complexity index is 709. The minimum atomic E-state index is -0.199. The van der Waals surface area contributed by atoms with Crippen molar-refractivity contribution in [3.05, 3.63) is 53.7 Å². The molecule has 1 aliphatic carbocycles. The van der Waals surface area contributed by atoms with E-state index in [0.29, 0.717) is 36.3 Å². The number of rotatable bonds is 7. The number of amides is 1. The van der Waals surface area contributed by atoms with Gasteiger partial charge in [0.1, 0.15) is 0 Å². The molecule has 0 bridgehead atoms. The number of hydrogen-bond acceptors (Lipinski definition) is 4. The standard InChI is InChI=1S/C21H26N2O3/c1-25-14-17-9-11-18(12-10-17)21(24)23-20-19(8-5-13-22-20)26-15-16-6-3-2-4-7-16/h5,8-13,16H,2-4,6-7,14-15H2,1H3,(H,22,23,24). The predicted octanol–water partition coefficient (Wildman–Crippen LogP) is 4.44. The molecule has 26 heavy (non-hydrogen) atoms. The molecule has 5 heteroatoms. The van der Waals surface area contributed by atoms with Gasteiger partial charge in [0.2, 0.25) is 0 Å². The van der Waals surface area contributed by atoms with Gasteiger partial charge in [0.05, 0.1) is 13.2 Å². The molecule has 1 N–H and O–H groups in total. The minimum absolute atomic E-state index is 0.199. The smallest absolute Gasteiger partial charge is 0.256 e. The number of carbonyl (C=O) groups is 1. The van der Waals surface area contributed by atoms with E-state index in [-0.39, 0.29) is 5.91 Å². The number of nitrogens with one attached hydrogen (secondary N) is 1. The summed E-state index contributed by atoms with van der Waals surface area (Å²) in [7, 11) is 1.65. The largest absolute Gasteiger partial charge is 0.489 e. The maximum absolute atomic E-state index is 12.5. The van der Waals surface area contributed by atoms with Crippen molar-refractivity contribution in [2.45, 2.75) is 38.7 Å². The third-order valence-corrected chi connectivity index (χ3v) is 4.73. The van der Waals surface area contributed by atoms with Crippen molar-refractivity contribution >= 4 is 11.7 Å². The zero-order valence-corrected chi connectivity index (χ0v) is 15.2. The van der Waals surface area contributed by atoms with Crippen LogP contribution in [0.25, 0.3) is 0 Å². The lowest BCUT2D eigenvalue weighted by Crippen LogP contribution is -2.17. The van der Waals surface area contributed by atoms with Gasteiger partial charge in [0.25, 0.3) is 5.91 Å². The van der Waals surface area contributed by atoms with Crippen LogP contribution in [-0.4, -0.2) is 24.6 Å². The van der Waals surface area contributed by atoms with Gasteiger partial charge in [0, 0.05) is 18.9 Å². The number of methoxy groups -OCH3 is 1. The van der Waals surface area contributed by atoms with Crippen molar-refractivity contribution in [2.24, 2.45) is 5.92 Å². The number of hydrogen-bond donors (Lipinski definition) is 1. The first kappa shape index (κ1) is 18.4. The summed E-state index contributed by atoms with van der Waals surface area (Å²) in [5, 5.41) is 2.86. The van der Waals surface area contributed by atoms with E-state index in [1.54, 1.807) is 25.4 Å². The van der Waals surface area contributed by atoms with E-state index in [1.807, 2.05) is 24.3 Å². The van der Waals surface area contributed by atoms with E-state index >= 15 is 0 Å². The molecule has 0 spiro atoms. The fourth-order valence-electron chi connectivity index (χ4n) is 3.26. The van der Waals surface area contributed by atoms with E-state index in [2.05, 4.69) is 10.3 Å². The van der Waals surface area contributed by atoms with Gasteiger partial charge in [-0.1, -0.05) is 31.4 Å². The highest BCUT2D eigenvalue weighted by Gasteiger charge is 2.16. The molecule has 1 amide bonds. The molecule has 1 saturated carbocycles. The van der Waals surface area contributed by atoms with Crippen LogP contribution in [0.3, 0.4) is 0 Å². The number of aromatic nitrogens is 1. The second-order valence-corrected chi connectivity index (χ2v) is 6.75. The summed E-state index contributed by atoms with van der Waals surface area (Å²) in [6.07, 6.45) is 7.98. The molecule has 1 fully saturated rings. The lowest BCUT2D eigenvalue weighted by atomic mass is 9.90. The molecule has 1 aromatic carbocycles. The summed E-state index contributed by atoms with van der Waals surface area (Å²) in [5.74, 6) is 1.49. The zero-order valence-electron chi connectivity index (χ0n) is 15.2. The van der Waals surface area contributed by atoms with Crippen molar-refractivity contribution in [1.82, 2.24) is 4.98 Å². The SMILES string of the molecule is COCc1ccc(C(=O)Nc2ncccc2OCC2CCCCC2)cc1. The number of pyridine rings is 1. The van der Waals surface area contributed by atoms with Crippen LogP contribution in [0.15, 0.2) is 42.6 Å². The highest BCUT2D eigenvalue weighted by molar-refractivity contribution is 6.04. The van der Waals surface area contributed by atoms with E-state index in [9.17, 15) is 4.79 Å². The molecule has 0 radical (unpaired) electrons. The Kier molecular flexibility index (Phi) is 6.61. The molecule has 1 aromatic heterocycles. The first-order valence-electron chi connectivity index (χ1n) is 9.23. The zero-order chi connectivity index (χ0) is 18.2. The second kappa shape index (κ2) is 9.34. The summed E-state index contributed by atoms with van der Waals surface area (Å²) in [4.78, 5) is 16.8. The molecule has 1 heterocycles. The van der Waals surface area contributed by atoms with Crippen molar-refractivity contribution in [3.63, 3.8) is 0 Å². The molecule has 3 rings (SSSR count). The molecule has 0 atom stereocenters. The number of nitrogens with zero attached hydrogens (tertiary/aromatic N) is 1. The Balaban J connectivity index is 1.62. The van der Waals surface area contributed by atoms with Gasteiger partial charge in [-0.15, -0.1) is 0 Å². The highest BCUT2D eigenvalue weighted by atomic mass is 16.5. The maximum atomic E-state index is 12.5. The van der Waals surface area contributed by atoms with E-state index < -0.39 is 0 Å². The molecule has 138 valence electrons. The Hall–Kier alpha value is -2.40. The second-order valence-electron chi connectivity index (χ2n) is 6.75. The third-order valence-electron chi connectivity index (χ3n) is 4.73. The first-order chi connectivity index (χ1) is 12.8. The Morgan fingerprint density at radius 2 is 1.92 bits per heavy atom. The number of benzene rings is 1. The summed E-state index contributed by atoms with van der Waals surface area (Å²) < 4.78 is 11.1. The van der Waals surface area contributed by atoms with Gasteiger partial charge >= 0.3 is 0 Å². The van der Waals surface area contributed by atoms with Crippen molar-refractivity contribution in [2.75, 3.05) is 19.0 Å². The van der Waals surface area contributed by atoms with Crippen LogP contribution in [0.5, 0.6) is 5.75 Å². The van der Waals surface area contributed by atoms with Crippen LogP contribution < -0.4 is 10.1 Å². The van der Waals surface area contributed by atoms with E-state index in [4.69, 9.17) is 9.47 Å². The molecule has 0 unspecified atom stereocenters. The van der Waals surface area contributed by atoms with Crippen molar-refractivity contribution in [1.29, 1.82) is 0 Å². The topological polar surface area (TPSA) is 60.5 Å². The fourth-order valence-corrected chi connectivity index (χ4v) is 3.26. The van der Waals surface area contributed by atoms with Gasteiger partial charge in [-0.05, 0) is 48.6 Å². The van der Waals surface area contributed by atoms with Crippen molar-refractivity contribution < 1.29 is 14.3 Å². The van der Waals surface area contributed by atoms with Gasteiger partial charge in [0.15, 0.2) is 11.6 Å². The predicted molar refractivity (Wildman–Crippen MR) is 101 cm³/mol. The molecular formula is C21H26N2O3. The number of carbonyl (C=O) groups excluding carboxylic acids is 1. The van der Waals surface area contributed by atoms with E-state index in [1.165, 1.54) is 32.1 Å². The van der Waals surface area contributed by atoms with Crippen LogP contribution in [0.1, 0.15) is 48.0 Å². The molecule has 1 aliphatic rings. The molecule has 5 nitrogen and oxygen atoms in total. The minimum Gasteiger partial charge on any atom is -0.489 e. The van der Waals surface area contributed by atoms with Crippen LogP contribution in [0, 0.1) is 5.92 Å². The quantitative estimate of drug-likeness (QED) is 0.798. The van der Waals surface area contributed by atoms with Crippen LogP contribution in [-0.2, 0) is 11.3 Å². The van der Waals surface area contributed by atoms with Crippen LogP contribution in [0.4, 0.5) is 5.82 Å². The van der Waals surface area contributed by atoms with Gasteiger partial charge < -0.3 is 14.8 Å². The average molecular weight is 354 g/mol. The fraction of sp³-hybridized carbons (Fsp3) is 0.429. The highest BCUT2D eigenvalue weighted by Crippen LogP contribution is 2.27. The summed E-state index contributed by atoms with van der Waals surface area (Å²) in [6, 6.07) is 11.0. The van der Waals surface area contributed by atoms with E-state index in [0.717, 1.165) is 5.56 Å². The van der Waals surface area contributed by atoms with Gasteiger partial charge in [-0.25, -0.2) is 4.98 Å². The Labute approximate surface area is 154 Å². The maximum Gasteiger partial charge on any atom is 0.256 e. The normalized spacial score (nSPS) is 14.8. The number of anilines is 1. The van der Waals surface area contributed by atoms with Gasteiger partial charge in [-0.2, -0.15) is 0 Å². The van der Waals surface area contributed by atoms with Crippen LogP contribution in [0.2, 0.25) is 0 Å². The van der Waals surface area contributed by atoms with Crippen LogP contribution >= 0.6 is 0 Å². The lowest BCUT2D eigenvalue weighted by molar-refractivity contribution is 0.102. The Morgan fingerprint density at radius 3 is 2.65 bits per heavy atom. The molecule has 0 aliphatic heterocycles. The monoisotopic (exact) mass is 354 g/mol. The summed E-state index contributed by atoms with van der Waals surface area (Å²) in [6.45, 7) is 1.21.